The second-order valence-electron chi connectivity index (χ2n) is 4.70. The molecule has 2 rings (SSSR count). The molecule has 112 valence electrons. The second kappa shape index (κ2) is 6.39. The smallest absolute Gasteiger partial charge is 0.338 e. The molecule has 1 fully saturated rings. The minimum absolute atomic E-state index is 0.121. The summed E-state index contributed by atoms with van der Waals surface area (Å²) in [6.07, 6.45) is 0.121. The highest BCUT2D eigenvalue weighted by molar-refractivity contribution is 6.00. The molecule has 1 unspecified atom stereocenters. The number of esters is 2. The van der Waals surface area contributed by atoms with E-state index < -0.39 is 17.9 Å². The number of nitrogens with zero attached hydrogens (tertiary/aromatic N) is 1. The number of carbonyl (C=O) groups excluding carboxylic acids is 3. The Kier molecular flexibility index (Phi) is 4.57. The zero-order chi connectivity index (χ0) is 15.4. The highest BCUT2D eigenvalue weighted by Crippen LogP contribution is 2.26. The maximum absolute atomic E-state index is 12.0. The van der Waals surface area contributed by atoms with E-state index in [4.69, 9.17) is 4.74 Å². The molecule has 1 atom stereocenters. The van der Waals surface area contributed by atoms with E-state index in [1.807, 2.05) is 0 Å². The van der Waals surface area contributed by atoms with Crippen LogP contribution in [0.2, 0.25) is 0 Å². The lowest BCUT2D eigenvalue weighted by atomic mass is 10.1. The second-order valence-corrected chi connectivity index (χ2v) is 4.70. The van der Waals surface area contributed by atoms with Gasteiger partial charge in [0.25, 0.3) is 0 Å². The van der Waals surface area contributed by atoms with Crippen LogP contribution in [0.25, 0.3) is 0 Å². The van der Waals surface area contributed by atoms with Crippen LogP contribution in [0.5, 0.6) is 0 Å². The molecule has 1 aliphatic rings. The first-order valence-electron chi connectivity index (χ1n) is 6.72. The van der Waals surface area contributed by atoms with Crippen molar-refractivity contribution in [2.45, 2.75) is 13.3 Å². The number of carbonyl (C=O) groups is 3. The minimum atomic E-state index is -0.464. The zero-order valence-corrected chi connectivity index (χ0v) is 12.0. The van der Waals surface area contributed by atoms with Gasteiger partial charge in [-0.05, 0) is 25.1 Å². The van der Waals surface area contributed by atoms with Crippen molar-refractivity contribution in [1.82, 2.24) is 0 Å². The lowest BCUT2D eigenvalue weighted by Gasteiger charge is -2.17. The molecule has 21 heavy (non-hydrogen) atoms. The summed E-state index contributed by atoms with van der Waals surface area (Å²) in [5, 5.41) is 0. The fourth-order valence-electron chi connectivity index (χ4n) is 2.30. The number of benzene rings is 1. The van der Waals surface area contributed by atoms with Gasteiger partial charge < -0.3 is 14.4 Å². The Morgan fingerprint density at radius 3 is 2.81 bits per heavy atom. The Morgan fingerprint density at radius 1 is 1.38 bits per heavy atom. The first kappa shape index (κ1) is 15.0. The molecular weight excluding hydrogens is 274 g/mol. The zero-order valence-electron chi connectivity index (χ0n) is 12.0. The normalized spacial score (nSPS) is 17.7. The molecule has 1 amide bonds. The van der Waals surface area contributed by atoms with E-state index in [1.54, 1.807) is 31.2 Å². The van der Waals surface area contributed by atoms with Crippen LogP contribution < -0.4 is 4.90 Å². The summed E-state index contributed by atoms with van der Waals surface area (Å²) in [5.41, 5.74) is 0.959. The fraction of sp³-hybridized carbons (Fsp3) is 0.400. The number of ether oxygens (including phenoxy) is 2. The third kappa shape index (κ3) is 3.21. The van der Waals surface area contributed by atoms with Crippen molar-refractivity contribution in [2.75, 3.05) is 25.2 Å². The van der Waals surface area contributed by atoms with Crippen molar-refractivity contribution >= 4 is 23.5 Å². The maximum Gasteiger partial charge on any atom is 0.338 e. The number of anilines is 1. The number of hydrogen-bond donors (Lipinski definition) is 0. The Hall–Kier alpha value is -2.37. The third-order valence-corrected chi connectivity index (χ3v) is 3.33. The molecule has 0 aromatic heterocycles. The molecule has 1 saturated heterocycles. The maximum atomic E-state index is 12.0. The van der Waals surface area contributed by atoms with E-state index in [-0.39, 0.29) is 25.5 Å². The van der Waals surface area contributed by atoms with Crippen LogP contribution >= 0.6 is 0 Å². The highest BCUT2D eigenvalue weighted by atomic mass is 16.5. The molecule has 0 bridgehead atoms. The Balaban J connectivity index is 2.19. The van der Waals surface area contributed by atoms with Gasteiger partial charge in [-0.1, -0.05) is 6.07 Å². The van der Waals surface area contributed by atoms with Crippen molar-refractivity contribution in [1.29, 1.82) is 0 Å². The average Bonchev–Trinajstić information content (AvgIpc) is 2.89. The predicted octanol–water partition coefficient (Wildman–Crippen LogP) is 1.39. The Morgan fingerprint density at radius 2 is 2.14 bits per heavy atom. The number of rotatable bonds is 4. The lowest BCUT2D eigenvalue weighted by Crippen LogP contribution is -2.26. The molecule has 0 N–H and O–H groups in total. The number of methoxy groups -OCH3 is 1. The van der Waals surface area contributed by atoms with E-state index in [0.717, 1.165) is 0 Å². The van der Waals surface area contributed by atoms with Gasteiger partial charge in [-0.3, -0.25) is 9.59 Å². The van der Waals surface area contributed by atoms with Gasteiger partial charge >= 0.3 is 11.9 Å². The van der Waals surface area contributed by atoms with E-state index >= 15 is 0 Å². The van der Waals surface area contributed by atoms with Crippen molar-refractivity contribution in [3.63, 3.8) is 0 Å². The molecule has 0 saturated carbocycles. The molecule has 1 aromatic carbocycles. The van der Waals surface area contributed by atoms with E-state index in [0.29, 0.717) is 11.3 Å². The van der Waals surface area contributed by atoms with Crippen molar-refractivity contribution < 1.29 is 23.9 Å². The van der Waals surface area contributed by atoms with Gasteiger partial charge in [-0.25, -0.2) is 4.79 Å². The predicted molar refractivity (Wildman–Crippen MR) is 74.9 cm³/mol. The summed E-state index contributed by atoms with van der Waals surface area (Å²) in [6, 6.07) is 6.62. The Bertz CT molecular complexity index is 569. The summed E-state index contributed by atoms with van der Waals surface area (Å²) in [7, 11) is 1.30. The molecule has 0 radical (unpaired) electrons. The summed E-state index contributed by atoms with van der Waals surface area (Å²) in [4.78, 5) is 36.7. The number of hydrogen-bond acceptors (Lipinski definition) is 5. The fourth-order valence-corrected chi connectivity index (χ4v) is 2.30. The molecule has 0 spiro atoms. The first-order valence-corrected chi connectivity index (χ1v) is 6.72. The molecule has 1 aliphatic heterocycles. The number of amides is 1. The molecule has 6 heteroatoms. The lowest BCUT2D eigenvalue weighted by molar-refractivity contribution is -0.145. The molecule has 1 aromatic rings. The third-order valence-electron chi connectivity index (χ3n) is 3.33. The summed E-state index contributed by atoms with van der Waals surface area (Å²) < 4.78 is 9.60. The summed E-state index contributed by atoms with van der Waals surface area (Å²) in [5.74, 6) is -1.46. The van der Waals surface area contributed by atoms with Crippen LogP contribution in [-0.4, -0.2) is 38.1 Å². The van der Waals surface area contributed by atoms with Gasteiger partial charge in [-0.15, -0.1) is 0 Å². The van der Waals surface area contributed by atoms with Crippen molar-refractivity contribution in [3.8, 4) is 0 Å². The topological polar surface area (TPSA) is 72.9 Å². The van der Waals surface area contributed by atoms with Gasteiger partial charge in [0.1, 0.15) is 0 Å². The van der Waals surface area contributed by atoms with Crippen LogP contribution in [0.1, 0.15) is 23.7 Å². The van der Waals surface area contributed by atoms with E-state index in [9.17, 15) is 14.4 Å². The standard InChI is InChI=1S/C15H17NO5/c1-3-21-15(19)10-5-4-6-12(7-10)16-9-11(8-13(16)17)14(18)20-2/h4-7,11H,3,8-9H2,1-2H3. The molecule has 0 aliphatic carbocycles. The van der Waals surface area contributed by atoms with E-state index in [1.165, 1.54) is 12.0 Å². The quantitative estimate of drug-likeness (QED) is 0.784. The monoisotopic (exact) mass is 291 g/mol. The van der Waals surface area contributed by atoms with Gasteiger partial charge in [0.15, 0.2) is 0 Å². The van der Waals surface area contributed by atoms with Crippen LogP contribution in [-0.2, 0) is 19.1 Å². The van der Waals surface area contributed by atoms with Gasteiger partial charge in [0.05, 0.1) is 25.2 Å². The largest absolute Gasteiger partial charge is 0.469 e. The highest BCUT2D eigenvalue weighted by Gasteiger charge is 2.35. The molecule has 1 heterocycles. The van der Waals surface area contributed by atoms with Crippen molar-refractivity contribution in [2.24, 2.45) is 5.92 Å². The van der Waals surface area contributed by atoms with Crippen molar-refractivity contribution in [3.05, 3.63) is 29.8 Å². The summed E-state index contributed by atoms with van der Waals surface area (Å²) in [6.45, 7) is 2.28. The molecule has 6 nitrogen and oxygen atoms in total. The summed E-state index contributed by atoms with van der Waals surface area (Å²) >= 11 is 0. The van der Waals surface area contributed by atoms with Gasteiger partial charge in [0.2, 0.25) is 5.91 Å². The SMILES string of the molecule is CCOC(=O)c1cccc(N2CC(C(=O)OC)CC2=O)c1. The van der Waals surface area contributed by atoms with Crippen LogP contribution in [0.15, 0.2) is 24.3 Å². The van der Waals surface area contributed by atoms with Crippen LogP contribution in [0, 0.1) is 5.92 Å². The van der Waals surface area contributed by atoms with Gasteiger partial charge in [-0.2, -0.15) is 0 Å². The first-order chi connectivity index (χ1) is 10.1. The minimum Gasteiger partial charge on any atom is -0.469 e. The average molecular weight is 291 g/mol. The Labute approximate surface area is 122 Å². The van der Waals surface area contributed by atoms with Crippen LogP contribution in [0.4, 0.5) is 5.69 Å². The van der Waals surface area contributed by atoms with E-state index in [2.05, 4.69) is 4.74 Å². The van der Waals surface area contributed by atoms with Gasteiger partial charge in [0, 0.05) is 18.7 Å². The molecular formula is C15H17NO5. The van der Waals surface area contributed by atoms with Crippen LogP contribution in [0.3, 0.4) is 0 Å².